The summed E-state index contributed by atoms with van der Waals surface area (Å²) in [4.78, 5) is 23.6. The Kier molecular flexibility index (Phi) is 11.1. The van der Waals surface area contributed by atoms with Gasteiger partial charge in [0.05, 0.1) is 25.4 Å². The number of hydrogen-bond acceptors (Lipinski definition) is 7. The molecule has 0 saturated carbocycles. The zero-order chi connectivity index (χ0) is 27.2. The molecule has 0 spiro atoms. The van der Waals surface area contributed by atoms with Crippen LogP contribution in [0.25, 0.3) is 11.1 Å². The van der Waals surface area contributed by atoms with E-state index >= 15 is 0 Å². The molecular weight excluding hydrogens is 482 g/mol. The lowest BCUT2D eigenvalue weighted by Gasteiger charge is -2.11. The monoisotopic (exact) mass is 515 g/mol. The first kappa shape index (κ1) is 28.2. The minimum absolute atomic E-state index is 0.364. The van der Waals surface area contributed by atoms with Gasteiger partial charge in [0.25, 0.3) is 0 Å². The number of benzene rings is 3. The van der Waals surface area contributed by atoms with Crippen LogP contribution in [0.1, 0.15) is 48.5 Å². The van der Waals surface area contributed by atoms with E-state index in [0.717, 1.165) is 48.6 Å². The molecule has 0 bridgehead atoms. The zero-order valence-electron chi connectivity index (χ0n) is 21.6. The molecule has 3 aromatic carbocycles. The Morgan fingerprint density at radius 1 is 0.816 bits per heavy atom. The van der Waals surface area contributed by atoms with Crippen LogP contribution >= 0.6 is 0 Å². The van der Waals surface area contributed by atoms with Crippen molar-refractivity contribution in [2.24, 2.45) is 0 Å². The third-order valence-corrected chi connectivity index (χ3v) is 5.67. The molecule has 0 aliphatic heterocycles. The van der Waals surface area contributed by atoms with Gasteiger partial charge >= 0.3 is 11.9 Å². The van der Waals surface area contributed by atoms with Crippen LogP contribution < -0.4 is 14.2 Å². The molecule has 1 N–H and O–H groups in total. The second-order valence-corrected chi connectivity index (χ2v) is 8.40. The number of nitrogens with one attached hydrogen (secondary N) is 1. The predicted octanol–water partition coefficient (Wildman–Crippen LogP) is 6.64. The second-order valence-electron chi connectivity index (χ2n) is 8.40. The predicted molar refractivity (Wildman–Crippen MR) is 147 cm³/mol. The molecule has 3 aromatic rings. The maximum Gasteiger partial charge on any atom is 0.343 e. The minimum atomic E-state index is -0.488. The van der Waals surface area contributed by atoms with Crippen LogP contribution in [-0.4, -0.2) is 38.0 Å². The van der Waals surface area contributed by atoms with Gasteiger partial charge in [-0.1, -0.05) is 24.8 Å². The first-order chi connectivity index (χ1) is 18.5. The molecule has 0 saturated heterocycles. The molecule has 0 amide bonds. The third kappa shape index (κ3) is 8.62. The van der Waals surface area contributed by atoms with Crippen LogP contribution in [0.5, 0.6) is 17.2 Å². The van der Waals surface area contributed by atoms with Gasteiger partial charge < -0.3 is 24.4 Å². The molecule has 3 rings (SSSR count). The fraction of sp³-hybridized carbons (Fsp3) is 0.258. The Labute approximate surface area is 223 Å². The Bertz CT molecular complexity index is 1220. The standard InChI is InChI=1S/C31H33NO6/c1-3-30(33)37-20-8-6-5-7-19-36-27-15-11-24(12-16-27)31(34)38-28-17-18-29(25(21-28)22-32)23-9-13-26(14-10-23)35-4-2/h3,9-18,21-22,32H,1,4-8,19-20H2,2H3. The van der Waals surface area contributed by atoms with E-state index < -0.39 is 11.9 Å². The van der Waals surface area contributed by atoms with Crippen molar-refractivity contribution >= 4 is 18.2 Å². The van der Waals surface area contributed by atoms with E-state index in [4.69, 9.17) is 24.4 Å². The van der Waals surface area contributed by atoms with Crippen molar-refractivity contribution in [2.45, 2.75) is 32.6 Å². The average Bonchev–Trinajstić information content (AvgIpc) is 2.95. The zero-order valence-corrected chi connectivity index (χ0v) is 21.6. The van der Waals surface area contributed by atoms with E-state index in [1.54, 1.807) is 36.4 Å². The number of rotatable bonds is 15. The van der Waals surface area contributed by atoms with Crippen LogP contribution in [-0.2, 0) is 9.53 Å². The summed E-state index contributed by atoms with van der Waals surface area (Å²) in [6.07, 6.45) is 6.00. The van der Waals surface area contributed by atoms with Crippen molar-refractivity contribution in [2.75, 3.05) is 19.8 Å². The summed E-state index contributed by atoms with van der Waals surface area (Å²) in [6.45, 7) is 6.85. The fourth-order valence-electron chi connectivity index (χ4n) is 3.72. The van der Waals surface area contributed by atoms with E-state index in [9.17, 15) is 9.59 Å². The summed E-state index contributed by atoms with van der Waals surface area (Å²) < 4.78 is 21.7. The van der Waals surface area contributed by atoms with Crippen molar-refractivity contribution in [1.29, 1.82) is 5.41 Å². The van der Waals surface area contributed by atoms with Gasteiger partial charge in [0, 0.05) is 17.9 Å². The van der Waals surface area contributed by atoms with Crippen molar-refractivity contribution in [3.63, 3.8) is 0 Å². The van der Waals surface area contributed by atoms with Crippen LogP contribution in [0, 0.1) is 5.41 Å². The van der Waals surface area contributed by atoms with Gasteiger partial charge in [-0.15, -0.1) is 0 Å². The normalized spacial score (nSPS) is 10.3. The van der Waals surface area contributed by atoms with Crippen molar-refractivity contribution in [3.05, 3.63) is 90.5 Å². The number of unbranched alkanes of at least 4 members (excludes halogenated alkanes) is 3. The maximum atomic E-state index is 12.7. The molecule has 0 heterocycles. The van der Waals surface area contributed by atoms with Crippen molar-refractivity contribution in [3.8, 4) is 28.4 Å². The highest BCUT2D eigenvalue weighted by molar-refractivity contribution is 5.93. The SMILES string of the molecule is C=CC(=O)OCCCCCCOc1ccc(C(=O)Oc2ccc(-c3ccc(OCC)cc3)c(C=N)c2)cc1. The van der Waals surface area contributed by atoms with E-state index in [1.807, 2.05) is 37.3 Å². The average molecular weight is 516 g/mol. The van der Waals surface area contributed by atoms with Gasteiger partial charge in [0.15, 0.2) is 0 Å². The molecular formula is C31H33NO6. The molecule has 7 nitrogen and oxygen atoms in total. The van der Waals surface area contributed by atoms with Crippen molar-refractivity contribution in [1.82, 2.24) is 0 Å². The van der Waals surface area contributed by atoms with Gasteiger partial charge in [0.2, 0.25) is 0 Å². The first-order valence-corrected chi connectivity index (χ1v) is 12.7. The Morgan fingerprint density at radius 3 is 2.11 bits per heavy atom. The van der Waals surface area contributed by atoms with E-state index in [1.165, 1.54) is 6.21 Å². The summed E-state index contributed by atoms with van der Waals surface area (Å²) in [5.41, 5.74) is 2.84. The van der Waals surface area contributed by atoms with E-state index in [0.29, 0.717) is 42.4 Å². The van der Waals surface area contributed by atoms with E-state index in [2.05, 4.69) is 6.58 Å². The van der Waals surface area contributed by atoms with Crippen LogP contribution in [0.2, 0.25) is 0 Å². The maximum absolute atomic E-state index is 12.7. The largest absolute Gasteiger partial charge is 0.494 e. The summed E-state index contributed by atoms with van der Waals surface area (Å²) in [7, 11) is 0. The highest BCUT2D eigenvalue weighted by Gasteiger charge is 2.12. The highest BCUT2D eigenvalue weighted by Crippen LogP contribution is 2.28. The topological polar surface area (TPSA) is 94.9 Å². The molecule has 0 radical (unpaired) electrons. The van der Waals surface area contributed by atoms with E-state index in [-0.39, 0.29) is 0 Å². The number of esters is 2. The Hall–Kier alpha value is -4.39. The third-order valence-electron chi connectivity index (χ3n) is 5.67. The van der Waals surface area contributed by atoms with Gasteiger partial charge in [-0.25, -0.2) is 9.59 Å². The molecule has 0 atom stereocenters. The Balaban J connectivity index is 1.47. The molecule has 0 aliphatic carbocycles. The quantitative estimate of drug-likeness (QED) is 0.0802. The molecule has 198 valence electrons. The summed E-state index contributed by atoms with van der Waals surface area (Å²) in [6, 6.07) is 19.7. The number of ether oxygens (including phenoxy) is 4. The van der Waals surface area contributed by atoms with Crippen LogP contribution in [0.4, 0.5) is 0 Å². The van der Waals surface area contributed by atoms with Crippen LogP contribution in [0.3, 0.4) is 0 Å². The van der Waals surface area contributed by atoms with Gasteiger partial charge in [-0.05, 0) is 92.3 Å². The fourth-order valence-corrected chi connectivity index (χ4v) is 3.72. The number of hydrogen-bond donors (Lipinski definition) is 1. The summed E-state index contributed by atoms with van der Waals surface area (Å²) >= 11 is 0. The lowest BCUT2D eigenvalue weighted by molar-refractivity contribution is -0.137. The molecule has 0 fully saturated rings. The molecule has 0 unspecified atom stereocenters. The van der Waals surface area contributed by atoms with Crippen LogP contribution in [0.15, 0.2) is 79.4 Å². The number of carbonyl (C=O) groups excluding carboxylic acids is 2. The lowest BCUT2D eigenvalue weighted by Crippen LogP contribution is -2.09. The number of carbonyl (C=O) groups is 2. The summed E-state index contributed by atoms with van der Waals surface area (Å²) in [5.74, 6) is 0.943. The Morgan fingerprint density at radius 2 is 1.45 bits per heavy atom. The van der Waals surface area contributed by atoms with Gasteiger partial charge in [-0.2, -0.15) is 0 Å². The molecule has 0 aromatic heterocycles. The molecule has 7 heteroatoms. The highest BCUT2D eigenvalue weighted by atomic mass is 16.5. The lowest BCUT2D eigenvalue weighted by atomic mass is 10.00. The van der Waals surface area contributed by atoms with Gasteiger partial charge in [0.1, 0.15) is 17.2 Å². The molecule has 0 aliphatic rings. The first-order valence-electron chi connectivity index (χ1n) is 12.7. The second kappa shape index (κ2) is 15.0. The van der Waals surface area contributed by atoms with Crippen molar-refractivity contribution < 1.29 is 28.5 Å². The molecule has 38 heavy (non-hydrogen) atoms. The van der Waals surface area contributed by atoms with Gasteiger partial charge in [-0.3, -0.25) is 0 Å². The minimum Gasteiger partial charge on any atom is -0.494 e. The smallest absolute Gasteiger partial charge is 0.343 e. The summed E-state index contributed by atoms with van der Waals surface area (Å²) in [5, 5.41) is 7.82.